The van der Waals surface area contributed by atoms with Gasteiger partial charge >= 0.3 is 0 Å². The number of hydrogen-bond acceptors (Lipinski definition) is 6. The summed E-state index contributed by atoms with van der Waals surface area (Å²) in [5.41, 5.74) is 5.36. The number of fused-ring (bicyclic) bond motifs is 1. The molecule has 5 aromatic rings. The Labute approximate surface area is 257 Å². The molecule has 9 nitrogen and oxygen atoms in total. The summed E-state index contributed by atoms with van der Waals surface area (Å²) in [5, 5.41) is 5.24. The molecule has 13 heteroatoms. The number of carbonyl (C=O) groups is 1. The monoisotopic (exact) mass is 643 g/mol. The van der Waals surface area contributed by atoms with E-state index in [9.17, 15) is 13.2 Å². The number of nitrogens with zero attached hydrogens (tertiary/aromatic N) is 4. The molecule has 0 radical (unpaired) electrons. The quantitative estimate of drug-likeness (QED) is 0.143. The predicted molar refractivity (Wildman–Crippen MR) is 163 cm³/mol. The Hall–Kier alpha value is -3.67. The molecule has 2 aromatic carbocycles. The van der Waals surface area contributed by atoms with Gasteiger partial charge in [-0.2, -0.15) is 9.41 Å². The summed E-state index contributed by atoms with van der Waals surface area (Å²) in [7, 11) is -3.94. The van der Waals surface area contributed by atoms with Crippen molar-refractivity contribution < 1.29 is 17.6 Å². The number of carbonyl (C=O) groups excluding carboxylic acids is 1. The minimum absolute atomic E-state index is 0.0188. The van der Waals surface area contributed by atoms with Crippen LogP contribution in [0.3, 0.4) is 0 Å². The van der Waals surface area contributed by atoms with Crippen LogP contribution in [0.2, 0.25) is 15.1 Å². The van der Waals surface area contributed by atoms with Crippen molar-refractivity contribution in [3.8, 4) is 0 Å². The highest BCUT2D eigenvalue weighted by Gasteiger charge is 2.27. The molecule has 0 saturated carbocycles. The SMILES string of the molecule is Cc1ccc(S(=O)(=O)N(Cc2ccc(/C=N/NC(=O)c3c(C)nc4ccc(Cl)cn34)o2)Cc2ccc(Cl)cc2Cl)cc1. The Balaban J connectivity index is 1.35. The number of hydrogen-bond donors (Lipinski definition) is 1. The number of benzene rings is 2. The molecule has 1 amide bonds. The van der Waals surface area contributed by atoms with Gasteiger partial charge in [-0.05, 0) is 67.9 Å². The van der Waals surface area contributed by atoms with Crippen molar-refractivity contribution in [2.24, 2.45) is 5.10 Å². The molecule has 0 aliphatic heterocycles. The van der Waals surface area contributed by atoms with Crippen molar-refractivity contribution in [3.05, 3.63) is 122 Å². The second kappa shape index (κ2) is 12.3. The number of furan rings is 1. The molecule has 0 saturated heterocycles. The van der Waals surface area contributed by atoms with Crippen LogP contribution < -0.4 is 5.43 Å². The first-order valence-electron chi connectivity index (χ1n) is 12.6. The summed E-state index contributed by atoms with van der Waals surface area (Å²) in [4.78, 5) is 17.3. The molecule has 3 aromatic heterocycles. The lowest BCUT2D eigenvalue weighted by molar-refractivity contribution is 0.0948. The number of aromatic nitrogens is 2. The van der Waals surface area contributed by atoms with E-state index in [0.29, 0.717) is 49.2 Å². The van der Waals surface area contributed by atoms with Gasteiger partial charge in [-0.1, -0.05) is 58.6 Å². The molecule has 0 spiro atoms. The van der Waals surface area contributed by atoms with E-state index in [1.807, 2.05) is 6.92 Å². The van der Waals surface area contributed by atoms with Crippen LogP contribution in [-0.4, -0.2) is 34.2 Å². The average molecular weight is 645 g/mol. The summed E-state index contributed by atoms with van der Waals surface area (Å²) in [6.07, 6.45) is 2.92. The van der Waals surface area contributed by atoms with Crippen molar-refractivity contribution in [2.75, 3.05) is 0 Å². The number of aryl methyl sites for hydroxylation is 2. The third-order valence-electron chi connectivity index (χ3n) is 6.36. The second-order valence-electron chi connectivity index (χ2n) is 9.45. The summed E-state index contributed by atoms with van der Waals surface area (Å²) in [5.74, 6) is 0.178. The van der Waals surface area contributed by atoms with Gasteiger partial charge in [0.15, 0.2) is 0 Å². The zero-order valence-electron chi connectivity index (χ0n) is 22.4. The van der Waals surface area contributed by atoms with Crippen molar-refractivity contribution in [3.63, 3.8) is 0 Å². The average Bonchev–Trinajstić information content (AvgIpc) is 3.52. The summed E-state index contributed by atoms with van der Waals surface area (Å²) in [6.45, 7) is 3.49. The minimum atomic E-state index is -3.94. The predicted octanol–water partition coefficient (Wildman–Crippen LogP) is 6.66. The molecule has 0 unspecified atom stereocenters. The Morgan fingerprint density at radius 1 is 1.00 bits per heavy atom. The molecular formula is C29H24Cl3N5O4S. The van der Waals surface area contributed by atoms with Crippen LogP contribution in [0.15, 0.2) is 87.3 Å². The fourth-order valence-electron chi connectivity index (χ4n) is 4.27. The van der Waals surface area contributed by atoms with Crippen LogP contribution >= 0.6 is 34.8 Å². The van der Waals surface area contributed by atoms with Gasteiger partial charge in [0.05, 0.1) is 28.4 Å². The van der Waals surface area contributed by atoms with E-state index in [-0.39, 0.29) is 18.0 Å². The van der Waals surface area contributed by atoms with Crippen molar-refractivity contribution in [2.45, 2.75) is 31.8 Å². The molecule has 5 rings (SSSR count). The molecular weight excluding hydrogens is 621 g/mol. The minimum Gasteiger partial charge on any atom is -0.459 e. The molecule has 216 valence electrons. The second-order valence-corrected chi connectivity index (χ2v) is 12.7. The molecule has 1 N–H and O–H groups in total. The number of halogens is 3. The van der Waals surface area contributed by atoms with Crippen LogP contribution in [0.4, 0.5) is 0 Å². The number of pyridine rings is 1. The molecule has 3 heterocycles. The third kappa shape index (κ3) is 6.53. The molecule has 0 fully saturated rings. The molecule has 0 aliphatic rings. The Kier molecular flexibility index (Phi) is 8.72. The normalized spacial score (nSPS) is 12.0. The maximum Gasteiger partial charge on any atom is 0.290 e. The van der Waals surface area contributed by atoms with Gasteiger partial charge < -0.3 is 4.42 Å². The number of rotatable bonds is 9. The first-order chi connectivity index (χ1) is 20.0. The van der Waals surface area contributed by atoms with E-state index in [4.69, 9.17) is 39.2 Å². The lowest BCUT2D eigenvalue weighted by atomic mass is 10.2. The number of imidazole rings is 1. The highest BCUT2D eigenvalue weighted by molar-refractivity contribution is 7.89. The van der Waals surface area contributed by atoms with E-state index < -0.39 is 15.9 Å². The topological polar surface area (TPSA) is 109 Å². The lowest BCUT2D eigenvalue weighted by Gasteiger charge is -2.22. The van der Waals surface area contributed by atoms with E-state index in [0.717, 1.165) is 5.56 Å². The Morgan fingerprint density at radius 3 is 2.48 bits per heavy atom. The number of nitrogens with one attached hydrogen (secondary N) is 1. The van der Waals surface area contributed by atoms with Crippen LogP contribution in [0.1, 0.15) is 38.8 Å². The van der Waals surface area contributed by atoms with Gasteiger partial charge in [-0.15, -0.1) is 0 Å². The number of amides is 1. The highest BCUT2D eigenvalue weighted by atomic mass is 35.5. The highest BCUT2D eigenvalue weighted by Crippen LogP contribution is 2.27. The van der Waals surface area contributed by atoms with Crippen molar-refractivity contribution in [1.29, 1.82) is 0 Å². The summed E-state index contributed by atoms with van der Waals surface area (Å²) in [6, 6.07) is 18.1. The summed E-state index contributed by atoms with van der Waals surface area (Å²) >= 11 is 18.5. The molecule has 0 bridgehead atoms. The van der Waals surface area contributed by atoms with Gasteiger partial charge in [-0.3, -0.25) is 9.20 Å². The first kappa shape index (κ1) is 29.8. The van der Waals surface area contributed by atoms with Crippen LogP contribution in [0.25, 0.3) is 5.65 Å². The van der Waals surface area contributed by atoms with Crippen LogP contribution in [0.5, 0.6) is 0 Å². The number of hydrazone groups is 1. The zero-order chi connectivity index (χ0) is 30.0. The van der Waals surface area contributed by atoms with Gasteiger partial charge in [0.2, 0.25) is 10.0 Å². The van der Waals surface area contributed by atoms with Crippen molar-refractivity contribution >= 4 is 62.6 Å². The molecule has 42 heavy (non-hydrogen) atoms. The Bertz CT molecular complexity index is 1920. The molecule has 0 aliphatic carbocycles. The summed E-state index contributed by atoms with van der Waals surface area (Å²) < 4.78 is 36.0. The van der Waals surface area contributed by atoms with Gasteiger partial charge in [0.25, 0.3) is 5.91 Å². The zero-order valence-corrected chi connectivity index (χ0v) is 25.5. The smallest absolute Gasteiger partial charge is 0.290 e. The standard InChI is InChI=1S/C29H24Cl3N5O4S/c1-18-3-10-25(11-4-18)42(39,40)36(15-20-5-6-21(30)13-26(20)32)17-24-9-8-23(41-24)14-33-35-29(38)28-19(2)34-27-12-7-22(31)16-37(27)28/h3-14,16H,15,17H2,1-2H3,(H,35,38)/b33-14+. The third-order valence-corrected chi connectivity index (χ3v) is 8.98. The largest absolute Gasteiger partial charge is 0.459 e. The van der Waals surface area contributed by atoms with Crippen LogP contribution in [0, 0.1) is 13.8 Å². The number of sulfonamides is 1. The van der Waals surface area contributed by atoms with Gasteiger partial charge in [0, 0.05) is 22.8 Å². The van der Waals surface area contributed by atoms with E-state index in [1.165, 1.54) is 10.5 Å². The van der Waals surface area contributed by atoms with E-state index in [2.05, 4.69) is 15.5 Å². The van der Waals surface area contributed by atoms with E-state index in [1.54, 1.807) is 84.3 Å². The van der Waals surface area contributed by atoms with E-state index >= 15 is 0 Å². The maximum absolute atomic E-state index is 13.7. The van der Waals surface area contributed by atoms with Crippen molar-refractivity contribution in [1.82, 2.24) is 19.1 Å². The fraction of sp³-hybridized carbons (Fsp3) is 0.138. The lowest BCUT2D eigenvalue weighted by Crippen LogP contribution is -2.30. The first-order valence-corrected chi connectivity index (χ1v) is 15.2. The molecule has 0 atom stereocenters. The van der Waals surface area contributed by atoms with Gasteiger partial charge in [0.1, 0.15) is 22.9 Å². The Morgan fingerprint density at radius 2 is 1.74 bits per heavy atom. The van der Waals surface area contributed by atoms with Crippen LogP contribution in [-0.2, 0) is 23.1 Å². The fourth-order valence-corrected chi connectivity index (χ4v) is 6.28. The van der Waals surface area contributed by atoms with Gasteiger partial charge in [-0.25, -0.2) is 18.8 Å². The maximum atomic E-state index is 13.7.